The van der Waals surface area contributed by atoms with Crippen LogP contribution in [-0.4, -0.2) is 22.5 Å². The first kappa shape index (κ1) is 23.1. The molecule has 0 aromatic carbocycles. The van der Waals surface area contributed by atoms with Crippen molar-refractivity contribution in [2.75, 3.05) is 0 Å². The van der Waals surface area contributed by atoms with Gasteiger partial charge >= 0.3 is 51.4 Å². The van der Waals surface area contributed by atoms with Crippen LogP contribution in [0.3, 0.4) is 0 Å². The summed E-state index contributed by atoms with van der Waals surface area (Å²) in [5.74, 6) is -0.707. The summed E-state index contributed by atoms with van der Waals surface area (Å²) in [4.78, 5) is 22.9. The molecule has 0 radical (unpaired) electrons. The summed E-state index contributed by atoms with van der Waals surface area (Å²) in [6.45, 7) is 12.6. The van der Waals surface area contributed by atoms with Crippen molar-refractivity contribution in [3.05, 3.63) is 60.3 Å². The van der Waals surface area contributed by atoms with Crippen LogP contribution < -0.4 is 56.5 Å². The molecule has 0 amide bonds. The third-order valence-electron chi connectivity index (χ3n) is 8.19. The van der Waals surface area contributed by atoms with Crippen molar-refractivity contribution in [1.82, 2.24) is 0 Å². The zero-order valence-corrected chi connectivity index (χ0v) is 20.7. The molecule has 2 fully saturated rings. The Morgan fingerprint density at radius 1 is 1.31 bits per heavy atom. The fourth-order valence-corrected chi connectivity index (χ4v) is 6.49. The molecule has 0 aliphatic heterocycles. The zero-order valence-electron chi connectivity index (χ0n) is 17.5. The van der Waals surface area contributed by atoms with Crippen LogP contribution in [0.1, 0.15) is 39.5 Å². The van der Waals surface area contributed by atoms with E-state index in [4.69, 9.17) is 0 Å². The second kappa shape index (κ2) is 7.54. The largest absolute Gasteiger partial charge is 1.00 e. The number of aliphatic carboxylic acids is 1. The van der Waals surface area contributed by atoms with E-state index in [0.29, 0.717) is 11.5 Å². The van der Waals surface area contributed by atoms with Gasteiger partial charge in [-0.1, -0.05) is 45.2 Å². The van der Waals surface area contributed by atoms with Crippen molar-refractivity contribution in [2.45, 2.75) is 45.1 Å². The van der Waals surface area contributed by atoms with Crippen LogP contribution in [0.15, 0.2) is 60.3 Å². The average molecular weight is 419 g/mol. The van der Waals surface area contributed by atoms with Crippen molar-refractivity contribution in [3.63, 3.8) is 0 Å². The van der Waals surface area contributed by atoms with Crippen molar-refractivity contribution in [2.24, 2.45) is 28.6 Å². The van der Waals surface area contributed by atoms with E-state index in [0.717, 1.165) is 24.0 Å². The maximum Gasteiger partial charge on any atom is 1.00 e. The number of fused-ring (bicyclic) bond motifs is 5. The maximum atomic E-state index is 11.9. The molecule has 6 atom stereocenters. The summed E-state index contributed by atoms with van der Waals surface area (Å²) < 4.78 is 0. The molecule has 0 aromatic heterocycles. The number of aliphatic hydroxyl groups is 1. The molecule has 0 saturated heterocycles. The quantitative estimate of drug-likeness (QED) is 0.637. The summed E-state index contributed by atoms with van der Waals surface area (Å²) >= 11 is 0. The molecule has 148 valence electrons. The van der Waals surface area contributed by atoms with Gasteiger partial charge in [0.25, 0.3) is 0 Å². The molecule has 29 heavy (non-hydrogen) atoms. The Kier molecular flexibility index (Phi) is 6.01. The fraction of sp³-hybridized carbons (Fsp3) is 0.500. The molecule has 2 saturated carbocycles. The molecule has 0 bridgehead atoms. The van der Waals surface area contributed by atoms with E-state index in [-0.39, 0.29) is 87.3 Å². The van der Waals surface area contributed by atoms with E-state index in [1.807, 2.05) is 19.1 Å². The van der Waals surface area contributed by atoms with Crippen LogP contribution in [0.5, 0.6) is 0 Å². The van der Waals surface area contributed by atoms with Gasteiger partial charge in [-0.25, -0.2) is 0 Å². The first-order valence-corrected chi connectivity index (χ1v) is 9.99. The van der Waals surface area contributed by atoms with Crippen LogP contribution in [0.4, 0.5) is 0 Å². The minimum Gasteiger partial charge on any atom is -0.550 e. The van der Waals surface area contributed by atoms with E-state index < -0.39 is 17.0 Å². The molecule has 4 aliphatic carbocycles. The topological polar surface area (TPSA) is 77.4 Å². The molecule has 0 heterocycles. The molecule has 4 rings (SSSR count). The summed E-state index contributed by atoms with van der Waals surface area (Å²) in [7, 11) is 0. The Labute approximate surface area is 214 Å². The summed E-state index contributed by atoms with van der Waals surface area (Å²) in [6.07, 6.45) is 11.1. The third-order valence-corrected chi connectivity index (χ3v) is 8.19. The maximum absolute atomic E-state index is 11.9. The van der Waals surface area contributed by atoms with Gasteiger partial charge in [-0.15, -0.1) is 0 Å². The van der Waals surface area contributed by atoms with Crippen molar-refractivity contribution in [3.8, 4) is 0 Å². The number of hydrogen-bond donors (Lipinski definition) is 1. The van der Waals surface area contributed by atoms with Crippen LogP contribution in [0.2, 0.25) is 0 Å². The summed E-state index contributed by atoms with van der Waals surface area (Å²) in [5, 5.41) is 22.7. The zero-order chi connectivity index (χ0) is 20.5. The molecule has 0 spiro atoms. The van der Waals surface area contributed by atoms with Gasteiger partial charge in [0.15, 0.2) is 5.78 Å². The first-order valence-electron chi connectivity index (χ1n) is 9.99. The number of carboxylic acids is 1. The second-order valence-corrected chi connectivity index (χ2v) is 9.33. The minimum atomic E-state index is -1.29. The summed E-state index contributed by atoms with van der Waals surface area (Å²) in [6, 6.07) is 0. The Balaban J connectivity index is 0.00000240. The predicted octanol–water partition coefficient (Wildman–Crippen LogP) is -0.332. The van der Waals surface area contributed by atoms with E-state index in [9.17, 15) is 19.8 Å². The fourth-order valence-electron chi connectivity index (χ4n) is 6.49. The number of hydrogen-bond acceptors (Lipinski definition) is 4. The van der Waals surface area contributed by atoms with Crippen molar-refractivity contribution in [1.29, 1.82) is 0 Å². The monoisotopic (exact) mass is 418 g/mol. The molecular formula is C24H27KO4. The molecule has 4 nitrogen and oxygen atoms in total. The Bertz CT molecular complexity index is 897. The number of allylic oxidation sites excluding steroid dienone is 6. The van der Waals surface area contributed by atoms with E-state index in [2.05, 4.69) is 26.2 Å². The average Bonchev–Trinajstić information content (AvgIpc) is 2.79. The minimum absolute atomic E-state index is 0. The predicted molar refractivity (Wildman–Crippen MR) is 105 cm³/mol. The normalized spacial score (nSPS) is 42.5. The number of ketones is 1. The molecule has 4 aliphatic rings. The molecule has 1 N–H and O–H groups in total. The number of carbonyl (C=O) groups excluding carboxylic acids is 2. The molecular weight excluding hydrogens is 391 g/mol. The van der Waals surface area contributed by atoms with Gasteiger partial charge < -0.3 is 15.0 Å². The molecule has 0 aromatic rings. The number of carboxylic acid groups (broad SMARTS) is 1. The van der Waals surface area contributed by atoms with Crippen LogP contribution >= 0.6 is 0 Å². The van der Waals surface area contributed by atoms with Gasteiger partial charge in [0.1, 0.15) is 0 Å². The second-order valence-electron chi connectivity index (χ2n) is 9.33. The number of carbonyl (C=O) groups is 2. The van der Waals surface area contributed by atoms with E-state index in [1.54, 1.807) is 12.2 Å². The van der Waals surface area contributed by atoms with Gasteiger partial charge in [0.05, 0.1) is 5.60 Å². The Morgan fingerprint density at radius 2 is 2.00 bits per heavy atom. The Morgan fingerprint density at radius 3 is 2.66 bits per heavy atom. The number of rotatable bonds is 3. The smallest absolute Gasteiger partial charge is 0.550 e. The van der Waals surface area contributed by atoms with E-state index >= 15 is 0 Å². The first-order chi connectivity index (χ1) is 13.0. The van der Waals surface area contributed by atoms with Gasteiger partial charge in [-0.05, 0) is 72.3 Å². The van der Waals surface area contributed by atoms with Gasteiger partial charge in [-0.3, -0.25) is 4.79 Å². The van der Waals surface area contributed by atoms with Crippen molar-refractivity contribution < 1.29 is 71.2 Å². The van der Waals surface area contributed by atoms with Gasteiger partial charge in [-0.2, -0.15) is 0 Å². The van der Waals surface area contributed by atoms with Crippen LogP contribution in [0.25, 0.3) is 0 Å². The van der Waals surface area contributed by atoms with Gasteiger partial charge in [0.2, 0.25) is 0 Å². The molecule has 5 heteroatoms. The molecule has 0 unspecified atom stereocenters. The van der Waals surface area contributed by atoms with E-state index in [1.165, 1.54) is 0 Å². The summed E-state index contributed by atoms with van der Waals surface area (Å²) in [5.41, 5.74) is 0.407. The Hall–Kier alpha value is -0.564. The van der Waals surface area contributed by atoms with Gasteiger partial charge in [0, 0.05) is 16.8 Å². The standard InChI is InChI=1S/C24H28O4.K/c1-14-15(2)24(28,12-9-20(26)27)23(4)11-8-19-18(21(14)23)6-5-16-13-17(25)7-10-22(16,19)3;/h5-7,10,13,18-19,21,28H,1-2,8-9,11-12H2,3-4H3,(H,26,27);/q;+1/p-1/t18-,19+,21+,22+,23+,24-;/m1./s1. The van der Waals surface area contributed by atoms with Crippen LogP contribution in [-0.2, 0) is 9.59 Å². The van der Waals surface area contributed by atoms with Crippen LogP contribution in [0, 0.1) is 28.6 Å². The van der Waals surface area contributed by atoms with Crippen molar-refractivity contribution >= 4 is 11.8 Å². The SMILES string of the molecule is C=C1C(=C)[C@](O)(CCC(=O)[O-])[C@@]2(C)CC[C@H]3[C@@H](C=CC4=CC(=O)C=C[C@@]43C)[C@H]12.[K+]. The third kappa shape index (κ3) is 3.12.